The zero-order chi connectivity index (χ0) is 18.7. The first-order valence-electron chi connectivity index (χ1n) is 7.84. The van der Waals surface area contributed by atoms with Crippen molar-refractivity contribution in [2.45, 2.75) is 20.4 Å². The summed E-state index contributed by atoms with van der Waals surface area (Å²) in [4.78, 5) is 28.0. The average Bonchev–Trinajstić information content (AvgIpc) is 3.09. The Bertz CT molecular complexity index is 1000. The topological polar surface area (TPSA) is 93.3 Å². The molecule has 3 aromatic rings. The van der Waals surface area contributed by atoms with Crippen LogP contribution in [-0.4, -0.2) is 31.0 Å². The minimum atomic E-state index is -0.492. The zero-order valence-electron chi connectivity index (χ0n) is 14.2. The molecule has 0 aromatic carbocycles. The van der Waals surface area contributed by atoms with E-state index in [9.17, 15) is 9.59 Å². The molecule has 0 spiro atoms. The molecular formula is C17H17ClN6O2. The standard InChI is InChI=1S/C17H17ClN6O2/c1-11-9-12(2)24(22-11)10-16(26)21-20-15(25)7-6-13-17(18)19-14-5-3-4-8-23(13)14/h3-9H,10H2,1-2H3,(H,20,25)(H,21,26)/b7-6+. The highest BCUT2D eigenvalue weighted by molar-refractivity contribution is 6.31. The molecule has 0 aliphatic carbocycles. The number of rotatable bonds is 4. The molecule has 0 unspecified atom stereocenters. The molecule has 134 valence electrons. The van der Waals surface area contributed by atoms with E-state index in [1.54, 1.807) is 15.3 Å². The van der Waals surface area contributed by atoms with Crippen LogP contribution < -0.4 is 10.9 Å². The number of halogens is 1. The van der Waals surface area contributed by atoms with Crippen molar-refractivity contribution in [3.63, 3.8) is 0 Å². The largest absolute Gasteiger partial charge is 0.299 e. The molecule has 0 fully saturated rings. The normalized spacial score (nSPS) is 11.2. The number of hydrogen-bond acceptors (Lipinski definition) is 4. The Morgan fingerprint density at radius 1 is 1.27 bits per heavy atom. The van der Waals surface area contributed by atoms with Crippen LogP contribution in [0.15, 0.2) is 36.5 Å². The zero-order valence-corrected chi connectivity index (χ0v) is 15.0. The maximum absolute atomic E-state index is 11.9. The Labute approximate surface area is 154 Å². The average molecular weight is 373 g/mol. The van der Waals surface area contributed by atoms with Crippen LogP contribution in [0.2, 0.25) is 5.15 Å². The van der Waals surface area contributed by atoms with Gasteiger partial charge in [-0.1, -0.05) is 17.7 Å². The monoisotopic (exact) mass is 372 g/mol. The highest BCUT2D eigenvalue weighted by atomic mass is 35.5. The van der Waals surface area contributed by atoms with Gasteiger partial charge >= 0.3 is 0 Å². The fourth-order valence-corrected chi connectivity index (χ4v) is 2.71. The van der Waals surface area contributed by atoms with Gasteiger partial charge in [0.15, 0.2) is 5.15 Å². The third-order valence-corrected chi connectivity index (χ3v) is 3.91. The van der Waals surface area contributed by atoms with Crippen LogP contribution in [0.25, 0.3) is 11.7 Å². The third kappa shape index (κ3) is 3.92. The number of carbonyl (C=O) groups is 2. The van der Waals surface area contributed by atoms with Gasteiger partial charge in [-0.3, -0.25) is 29.5 Å². The summed E-state index contributed by atoms with van der Waals surface area (Å²) >= 11 is 6.09. The molecule has 0 aliphatic rings. The molecule has 2 amide bonds. The van der Waals surface area contributed by atoms with E-state index in [1.165, 1.54) is 12.2 Å². The smallest absolute Gasteiger partial charge is 0.262 e. The van der Waals surface area contributed by atoms with Crippen molar-refractivity contribution < 1.29 is 9.59 Å². The van der Waals surface area contributed by atoms with Crippen molar-refractivity contribution in [2.75, 3.05) is 0 Å². The number of hydrazine groups is 1. The van der Waals surface area contributed by atoms with E-state index >= 15 is 0 Å². The van der Waals surface area contributed by atoms with E-state index in [2.05, 4.69) is 20.9 Å². The summed E-state index contributed by atoms with van der Waals surface area (Å²) in [6.07, 6.45) is 4.60. The highest BCUT2D eigenvalue weighted by Crippen LogP contribution is 2.18. The summed E-state index contributed by atoms with van der Waals surface area (Å²) in [6.45, 7) is 3.72. The number of fused-ring (bicyclic) bond motifs is 1. The molecule has 0 radical (unpaired) electrons. The number of hydrogen-bond donors (Lipinski definition) is 2. The maximum atomic E-state index is 11.9. The molecule has 0 aliphatic heterocycles. The van der Waals surface area contributed by atoms with Crippen molar-refractivity contribution in [1.29, 1.82) is 0 Å². The van der Waals surface area contributed by atoms with Gasteiger partial charge in [0.1, 0.15) is 12.2 Å². The summed E-state index contributed by atoms with van der Waals surface area (Å²) in [6, 6.07) is 7.36. The Morgan fingerprint density at radius 2 is 2.08 bits per heavy atom. The number of pyridine rings is 1. The highest BCUT2D eigenvalue weighted by Gasteiger charge is 2.09. The van der Waals surface area contributed by atoms with Gasteiger partial charge in [-0.15, -0.1) is 0 Å². The molecular weight excluding hydrogens is 356 g/mol. The molecule has 2 N–H and O–H groups in total. The van der Waals surface area contributed by atoms with Gasteiger partial charge in [-0.2, -0.15) is 5.10 Å². The lowest BCUT2D eigenvalue weighted by atomic mass is 10.4. The van der Waals surface area contributed by atoms with Gasteiger partial charge in [0.25, 0.3) is 11.8 Å². The first-order valence-corrected chi connectivity index (χ1v) is 8.22. The SMILES string of the molecule is Cc1cc(C)n(CC(=O)NNC(=O)/C=C/c2c(Cl)nc3ccccn23)n1. The van der Waals surface area contributed by atoms with E-state index in [-0.39, 0.29) is 17.6 Å². The number of carbonyl (C=O) groups excluding carboxylic acids is 2. The summed E-state index contributed by atoms with van der Waals surface area (Å²) in [5.74, 6) is -0.876. The van der Waals surface area contributed by atoms with Gasteiger partial charge in [0.05, 0.1) is 11.4 Å². The van der Waals surface area contributed by atoms with Gasteiger partial charge in [0, 0.05) is 18.0 Å². The minimum absolute atomic E-state index is 0.0166. The number of amides is 2. The van der Waals surface area contributed by atoms with E-state index in [1.807, 2.05) is 38.1 Å². The van der Waals surface area contributed by atoms with Gasteiger partial charge < -0.3 is 0 Å². The Hall–Kier alpha value is -3.13. The van der Waals surface area contributed by atoms with Crippen LogP contribution in [0.3, 0.4) is 0 Å². The van der Waals surface area contributed by atoms with Crippen molar-refractivity contribution >= 4 is 35.1 Å². The lowest BCUT2D eigenvalue weighted by Gasteiger charge is -2.06. The van der Waals surface area contributed by atoms with Gasteiger partial charge in [0.2, 0.25) is 0 Å². The molecule has 0 saturated carbocycles. The summed E-state index contributed by atoms with van der Waals surface area (Å²) in [5.41, 5.74) is 7.61. The predicted molar refractivity (Wildman–Crippen MR) is 97.2 cm³/mol. The second-order valence-electron chi connectivity index (χ2n) is 5.67. The van der Waals surface area contributed by atoms with Crippen molar-refractivity contribution in [3.05, 3.63) is 58.8 Å². The van der Waals surface area contributed by atoms with Crippen LogP contribution in [-0.2, 0) is 16.1 Å². The minimum Gasteiger partial charge on any atom is -0.299 e. The van der Waals surface area contributed by atoms with Crippen LogP contribution in [0.4, 0.5) is 0 Å². The summed E-state index contributed by atoms with van der Waals surface area (Å²) in [7, 11) is 0. The molecule has 0 bridgehead atoms. The van der Waals surface area contributed by atoms with E-state index in [0.29, 0.717) is 11.3 Å². The molecule has 3 heterocycles. The molecule has 3 rings (SSSR count). The molecule has 26 heavy (non-hydrogen) atoms. The van der Waals surface area contributed by atoms with Crippen LogP contribution in [0.1, 0.15) is 17.1 Å². The lowest BCUT2D eigenvalue weighted by molar-refractivity contribution is -0.127. The number of nitrogens with one attached hydrogen (secondary N) is 2. The quantitative estimate of drug-likeness (QED) is 0.538. The first-order chi connectivity index (χ1) is 12.4. The van der Waals surface area contributed by atoms with Crippen molar-refractivity contribution in [1.82, 2.24) is 30.0 Å². The van der Waals surface area contributed by atoms with Crippen LogP contribution >= 0.6 is 11.6 Å². The molecule has 3 aromatic heterocycles. The lowest BCUT2D eigenvalue weighted by Crippen LogP contribution is -2.42. The van der Waals surface area contributed by atoms with Crippen molar-refractivity contribution in [2.24, 2.45) is 0 Å². The first kappa shape index (κ1) is 17.7. The van der Waals surface area contributed by atoms with E-state index < -0.39 is 5.91 Å². The number of imidazole rings is 1. The number of aromatic nitrogens is 4. The molecule has 0 saturated heterocycles. The van der Waals surface area contributed by atoms with Crippen LogP contribution in [0, 0.1) is 13.8 Å². The Balaban J connectivity index is 1.58. The van der Waals surface area contributed by atoms with Gasteiger partial charge in [-0.05, 0) is 38.1 Å². The summed E-state index contributed by atoms with van der Waals surface area (Å²) < 4.78 is 3.32. The second-order valence-corrected chi connectivity index (χ2v) is 6.03. The predicted octanol–water partition coefficient (Wildman–Crippen LogP) is 1.66. The fourth-order valence-electron chi connectivity index (χ4n) is 2.47. The number of aryl methyl sites for hydroxylation is 2. The van der Waals surface area contributed by atoms with Crippen molar-refractivity contribution in [3.8, 4) is 0 Å². The molecule has 9 heteroatoms. The van der Waals surface area contributed by atoms with Crippen LogP contribution in [0.5, 0.6) is 0 Å². The Morgan fingerprint density at radius 3 is 2.81 bits per heavy atom. The van der Waals surface area contributed by atoms with Gasteiger partial charge in [-0.25, -0.2) is 4.98 Å². The Kier molecular flexibility index (Phi) is 5.04. The molecule has 8 nitrogen and oxygen atoms in total. The van der Waals surface area contributed by atoms with E-state index in [4.69, 9.17) is 11.6 Å². The fraction of sp³-hybridized carbons (Fsp3) is 0.176. The second kappa shape index (κ2) is 7.40. The number of nitrogens with zero attached hydrogens (tertiary/aromatic N) is 4. The van der Waals surface area contributed by atoms with E-state index in [0.717, 1.165) is 11.4 Å². The maximum Gasteiger partial charge on any atom is 0.262 e. The molecule has 0 atom stereocenters. The third-order valence-electron chi connectivity index (χ3n) is 3.64. The summed E-state index contributed by atoms with van der Waals surface area (Å²) in [5, 5.41) is 4.48.